The zero-order valence-corrected chi connectivity index (χ0v) is 19.8. The smallest absolute Gasteiger partial charge is 1.00 e. The van der Waals surface area contributed by atoms with E-state index in [-0.39, 0.29) is 69.2 Å². The van der Waals surface area contributed by atoms with Crippen LogP contribution in [0.3, 0.4) is 0 Å². The van der Waals surface area contributed by atoms with E-state index in [0.717, 1.165) is 37.4 Å². The van der Waals surface area contributed by atoms with Crippen molar-refractivity contribution in [1.82, 2.24) is 10.2 Å². The fraction of sp³-hybridized carbons (Fsp3) is 0.789. The second kappa shape index (κ2) is 12.4. The summed E-state index contributed by atoms with van der Waals surface area (Å²) in [5, 5.41) is 11.8. The zero-order valence-electron chi connectivity index (χ0n) is 18.8. The maximum atomic E-state index is 12.5. The molecule has 1 aliphatic heterocycles. The first-order valence-electron chi connectivity index (χ1n) is 9.81. The molecular weight excluding hydrogens is 408 g/mol. The van der Waals surface area contributed by atoms with Gasteiger partial charge in [0, 0.05) is 24.1 Å². The number of carbonyl (C=O) groups is 4. The van der Waals surface area contributed by atoms with Crippen LogP contribution < -0.4 is 5.32 Å². The van der Waals surface area contributed by atoms with Crippen molar-refractivity contribution in [1.29, 1.82) is 0 Å². The summed E-state index contributed by atoms with van der Waals surface area (Å²) in [6.45, 7) is 3.83. The fourth-order valence-corrected chi connectivity index (χ4v) is 4.59. The van der Waals surface area contributed by atoms with Crippen molar-refractivity contribution < 1.29 is 27.1 Å². The summed E-state index contributed by atoms with van der Waals surface area (Å²) >= 11 is 1.03. The summed E-state index contributed by atoms with van der Waals surface area (Å²) in [6.07, 6.45) is 6.21. The first-order chi connectivity index (χ1) is 12.8. The molecule has 2 rings (SSSR count). The number of nitrogens with one attached hydrogen (secondary N) is 1. The molecule has 2 aliphatic rings. The summed E-state index contributed by atoms with van der Waals surface area (Å²) < 4.78 is 0. The molecule has 0 bridgehead atoms. The van der Waals surface area contributed by atoms with Gasteiger partial charge in [-0.3, -0.25) is 14.4 Å². The van der Waals surface area contributed by atoms with E-state index in [9.17, 15) is 24.3 Å². The number of nitrogens with zero attached hydrogens (tertiary/aromatic N) is 1. The van der Waals surface area contributed by atoms with Crippen LogP contribution in [0.2, 0.25) is 0 Å². The van der Waals surface area contributed by atoms with E-state index < -0.39 is 24.0 Å². The number of thioether (sulfide) groups is 1. The molecule has 1 saturated carbocycles. The maximum absolute atomic E-state index is 12.5. The van der Waals surface area contributed by atoms with Gasteiger partial charge >= 0.3 is 43.7 Å². The Kier molecular flexibility index (Phi) is 11.4. The van der Waals surface area contributed by atoms with E-state index in [1.165, 1.54) is 11.3 Å². The first kappa shape index (κ1) is 25.7. The number of rotatable bonds is 7. The molecule has 2 amide bonds. The van der Waals surface area contributed by atoms with Gasteiger partial charge in [0.05, 0.1) is 6.04 Å². The van der Waals surface area contributed by atoms with E-state index >= 15 is 0 Å². The number of likely N-dealkylation sites (tertiary alicyclic amines) is 1. The number of carboxylic acid groups (broad SMARTS) is 1. The van der Waals surface area contributed by atoms with Crippen LogP contribution in [0.4, 0.5) is 0 Å². The van der Waals surface area contributed by atoms with Gasteiger partial charge in [-0.05, 0) is 32.6 Å². The van der Waals surface area contributed by atoms with Crippen LogP contribution in [0.25, 0.3) is 0 Å². The van der Waals surface area contributed by atoms with Crippen LogP contribution in [-0.4, -0.2) is 95.0 Å². The van der Waals surface area contributed by atoms with E-state index in [1.54, 1.807) is 13.8 Å². The van der Waals surface area contributed by atoms with Crippen LogP contribution >= 0.6 is 11.8 Å². The summed E-state index contributed by atoms with van der Waals surface area (Å²) in [4.78, 5) is 49.7. The average Bonchev–Trinajstić information content (AvgIpc) is 3.15. The molecule has 7 nitrogen and oxygen atoms in total. The third-order valence-corrected chi connectivity index (χ3v) is 6.71. The fourth-order valence-electron chi connectivity index (χ4n) is 3.73. The van der Waals surface area contributed by atoms with Crippen molar-refractivity contribution in [2.24, 2.45) is 11.8 Å². The van der Waals surface area contributed by atoms with Crippen molar-refractivity contribution in [3.05, 3.63) is 0 Å². The third-order valence-electron chi connectivity index (χ3n) is 5.41. The Morgan fingerprint density at radius 2 is 1.75 bits per heavy atom. The van der Waals surface area contributed by atoms with Crippen LogP contribution in [0.15, 0.2) is 0 Å². The Labute approximate surface area is 203 Å². The van der Waals surface area contributed by atoms with Crippen LogP contribution in [0, 0.1) is 11.8 Å². The average molecular weight is 441 g/mol. The van der Waals surface area contributed by atoms with Crippen molar-refractivity contribution >= 4 is 72.4 Å². The van der Waals surface area contributed by atoms with E-state index in [4.69, 9.17) is 0 Å². The quantitative estimate of drug-likeness (QED) is 0.586. The molecule has 0 aromatic carbocycles. The van der Waals surface area contributed by atoms with E-state index in [1.807, 2.05) is 0 Å². The molecule has 0 aromatic heterocycles. The summed E-state index contributed by atoms with van der Waals surface area (Å²) in [7, 11) is 0. The minimum atomic E-state index is -0.976. The second-order valence-corrected chi connectivity index (χ2v) is 8.65. The number of carboxylic acids is 1. The van der Waals surface area contributed by atoms with Gasteiger partial charge in [0.2, 0.25) is 16.9 Å². The van der Waals surface area contributed by atoms with E-state index in [0.29, 0.717) is 19.4 Å². The number of aliphatic carboxylic acids is 1. The molecule has 1 saturated heterocycles. The molecule has 3 atom stereocenters. The van der Waals surface area contributed by atoms with Crippen molar-refractivity contribution in [2.45, 2.75) is 70.9 Å². The molecule has 1 heterocycles. The summed E-state index contributed by atoms with van der Waals surface area (Å²) in [5.41, 5.74) is 0. The second-order valence-electron chi connectivity index (χ2n) is 7.62. The minimum absolute atomic E-state index is 0. The topological polar surface area (TPSA) is 104 Å². The molecule has 2 N–H and O–H groups in total. The van der Waals surface area contributed by atoms with Crippen molar-refractivity contribution in [3.63, 3.8) is 0 Å². The van der Waals surface area contributed by atoms with Gasteiger partial charge in [-0.25, -0.2) is 4.79 Å². The van der Waals surface area contributed by atoms with Crippen molar-refractivity contribution in [3.8, 4) is 0 Å². The Bertz CT molecular complexity index is 593. The Balaban J connectivity index is 0. The summed E-state index contributed by atoms with van der Waals surface area (Å²) in [6, 6.07) is -1.35. The molecule has 156 valence electrons. The predicted octanol–water partition coefficient (Wildman–Crippen LogP) is 1.89. The maximum Gasteiger partial charge on any atom is 2.00 e. The first-order valence-corrected chi connectivity index (χ1v) is 10.8. The van der Waals surface area contributed by atoms with Crippen LogP contribution in [-0.2, 0) is 19.2 Å². The Morgan fingerprint density at radius 1 is 1.11 bits per heavy atom. The number of hydrogen-bond acceptors (Lipinski definition) is 5. The molecular formula is C19H32CaN2O5S. The van der Waals surface area contributed by atoms with Gasteiger partial charge < -0.3 is 18.2 Å². The number of carbonyl (C=O) groups excluding carboxylic acids is 3. The van der Waals surface area contributed by atoms with Crippen molar-refractivity contribution in [2.75, 3.05) is 12.3 Å². The summed E-state index contributed by atoms with van der Waals surface area (Å²) in [5.74, 6) is -1.41. The predicted molar refractivity (Wildman–Crippen MR) is 111 cm³/mol. The van der Waals surface area contributed by atoms with Crippen LogP contribution in [0.5, 0.6) is 0 Å². The minimum Gasteiger partial charge on any atom is -1.00 e. The standard InChI is InChI=1S/C19H30N2O5S.Ca.2H/c1-12(17(23)21-10-6-9-15(21)18(24)25)11-27-19(26)13(2)20-16(22)14-7-4-3-5-8-14;;;/h12-15H,3-11H2,1-2H3,(H,20,22)(H,24,25);;;/q;+2;2*-1/t12?,13?,15-;;;/m0.../s1. The Hall–Kier alpha value is -0.310. The van der Waals surface area contributed by atoms with Crippen LogP contribution in [0.1, 0.15) is 61.6 Å². The number of amides is 2. The molecule has 2 fully saturated rings. The van der Waals surface area contributed by atoms with Gasteiger partial charge in [0.25, 0.3) is 0 Å². The Morgan fingerprint density at radius 3 is 2.36 bits per heavy atom. The van der Waals surface area contributed by atoms with Gasteiger partial charge in [-0.1, -0.05) is 37.9 Å². The molecule has 9 heteroatoms. The molecule has 2 unspecified atom stereocenters. The van der Waals surface area contributed by atoms with Gasteiger partial charge in [-0.2, -0.15) is 0 Å². The van der Waals surface area contributed by atoms with E-state index in [2.05, 4.69) is 5.32 Å². The molecule has 1 aliphatic carbocycles. The molecule has 0 radical (unpaired) electrons. The number of hydrogen-bond donors (Lipinski definition) is 2. The van der Waals surface area contributed by atoms with Gasteiger partial charge in [0.1, 0.15) is 6.04 Å². The normalized spacial score (nSPS) is 22.1. The third kappa shape index (κ3) is 7.18. The molecule has 28 heavy (non-hydrogen) atoms. The van der Waals surface area contributed by atoms with Gasteiger partial charge in [-0.15, -0.1) is 0 Å². The largest absolute Gasteiger partial charge is 2.00 e. The molecule has 0 aromatic rings. The SMILES string of the molecule is CC(CSC(=O)C(C)NC(=O)C1CCCCC1)C(=O)N1CCC[C@H]1C(=O)O.[Ca+2].[H-].[H-]. The monoisotopic (exact) mass is 440 g/mol. The van der Waals surface area contributed by atoms with Gasteiger partial charge in [0.15, 0.2) is 0 Å². The zero-order chi connectivity index (χ0) is 20.0. The molecule has 0 spiro atoms.